The van der Waals surface area contributed by atoms with Gasteiger partial charge in [-0.15, -0.1) is 0 Å². The highest BCUT2D eigenvalue weighted by molar-refractivity contribution is 5.95. The van der Waals surface area contributed by atoms with Crippen LogP contribution in [0, 0.1) is 17.6 Å². The molecule has 2 aliphatic heterocycles. The maximum absolute atomic E-state index is 13.9. The molecule has 168 valence electrons. The molecule has 2 saturated heterocycles. The van der Waals surface area contributed by atoms with Gasteiger partial charge in [-0.2, -0.15) is 0 Å². The van der Waals surface area contributed by atoms with E-state index < -0.39 is 17.5 Å². The smallest absolute Gasteiger partial charge is 0.256 e. The molecule has 0 saturated carbocycles. The largest absolute Gasteiger partial charge is 0.360 e. The van der Waals surface area contributed by atoms with Crippen LogP contribution in [-0.2, 0) is 9.59 Å². The van der Waals surface area contributed by atoms with Crippen molar-refractivity contribution in [3.63, 3.8) is 0 Å². The average Bonchev–Trinajstić information content (AvgIpc) is 2.79. The zero-order valence-electron chi connectivity index (χ0n) is 17.4. The molecule has 0 aromatic heterocycles. The molecule has 2 N–H and O–H groups in total. The van der Waals surface area contributed by atoms with Gasteiger partial charge in [0.15, 0.2) is 0 Å². The molecule has 2 aliphatic rings. The Morgan fingerprint density at radius 3 is 2.38 bits per heavy atom. The summed E-state index contributed by atoms with van der Waals surface area (Å²) in [7, 11) is 0. The van der Waals surface area contributed by atoms with Crippen LogP contribution in [0.25, 0.3) is 0 Å². The van der Waals surface area contributed by atoms with Crippen molar-refractivity contribution in [3.8, 4) is 0 Å². The van der Waals surface area contributed by atoms with Crippen LogP contribution in [0.3, 0.4) is 0 Å². The lowest BCUT2D eigenvalue weighted by Gasteiger charge is -2.31. The number of carbonyl (C=O) groups is 3. The minimum absolute atomic E-state index is 0.0133. The number of piperidine rings is 1. The van der Waals surface area contributed by atoms with Gasteiger partial charge in [-0.3, -0.25) is 14.4 Å². The van der Waals surface area contributed by atoms with Gasteiger partial charge in [-0.25, -0.2) is 8.78 Å². The highest BCUT2D eigenvalue weighted by atomic mass is 19.1. The van der Waals surface area contributed by atoms with Gasteiger partial charge in [0, 0.05) is 49.5 Å². The molecule has 9 heteroatoms. The summed E-state index contributed by atoms with van der Waals surface area (Å²) < 4.78 is 27.0. The number of anilines is 2. The molecule has 0 unspecified atom stereocenters. The molecule has 4 rings (SSSR count). The first-order chi connectivity index (χ1) is 15.4. The van der Waals surface area contributed by atoms with Gasteiger partial charge in [0.25, 0.3) is 5.91 Å². The Morgan fingerprint density at radius 1 is 1.00 bits per heavy atom. The van der Waals surface area contributed by atoms with E-state index in [2.05, 4.69) is 10.6 Å². The van der Waals surface area contributed by atoms with Gasteiger partial charge < -0.3 is 20.4 Å². The second-order valence-corrected chi connectivity index (χ2v) is 8.00. The first kappa shape index (κ1) is 21.7. The summed E-state index contributed by atoms with van der Waals surface area (Å²) in [5, 5.41) is 5.68. The van der Waals surface area contributed by atoms with E-state index >= 15 is 0 Å². The SMILES string of the molecule is O=C1CN(c2ccc(NC(=O)C3CCN(C(=O)c4ccc(F)cc4F)CC3)cc2)CCN1. The number of carbonyl (C=O) groups excluding carboxylic acids is 3. The minimum atomic E-state index is -0.886. The predicted molar refractivity (Wildman–Crippen MR) is 115 cm³/mol. The number of nitrogens with one attached hydrogen (secondary N) is 2. The Kier molecular flexibility index (Phi) is 6.34. The van der Waals surface area contributed by atoms with Crippen LogP contribution in [0.4, 0.5) is 20.2 Å². The molecule has 2 heterocycles. The fourth-order valence-corrected chi connectivity index (χ4v) is 4.04. The van der Waals surface area contributed by atoms with E-state index in [1.165, 1.54) is 4.90 Å². The first-order valence-corrected chi connectivity index (χ1v) is 10.6. The second kappa shape index (κ2) is 9.33. The van der Waals surface area contributed by atoms with E-state index in [1.54, 1.807) is 12.1 Å². The minimum Gasteiger partial charge on any atom is -0.360 e. The lowest BCUT2D eigenvalue weighted by molar-refractivity contribution is -0.121. The first-order valence-electron chi connectivity index (χ1n) is 10.6. The quantitative estimate of drug-likeness (QED) is 0.762. The standard InChI is InChI=1S/C23H24F2N4O3/c24-16-1-6-19(20(25)13-16)23(32)28-10-7-15(8-11-28)22(31)27-17-2-4-18(5-3-17)29-12-9-26-21(30)14-29/h1-6,13,15H,7-12,14H2,(H,26,30)(H,27,31). The normalized spacial score (nSPS) is 17.1. The maximum Gasteiger partial charge on any atom is 0.256 e. The molecule has 0 aliphatic carbocycles. The highest BCUT2D eigenvalue weighted by Gasteiger charge is 2.29. The zero-order chi connectivity index (χ0) is 22.7. The van der Waals surface area contributed by atoms with Crippen LogP contribution in [-0.4, -0.2) is 55.3 Å². The third kappa shape index (κ3) is 4.87. The summed E-state index contributed by atoms with van der Waals surface area (Å²) in [6.07, 6.45) is 0.919. The number of amides is 3. The number of hydrogen-bond acceptors (Lipinski definition) is 4. The Morgan fingerprint density at radius 2 is 1.72 bits per heavy atom. The molecule has 2 aromatic rings. The van der Waals surface area contributed by atoms with Crippen molar-refractivity contribution in [2.24, 2.45) is 5.92 Å². The Bertz CT molecular complexity index is 1020. The lowest BCUT2D eigenvalue weighted by atomic mass is 9.95. The number of piperazine rings is 1. The number of rotatable bonds is 4. The molecule has 7 nitrogen and oxygen atoms in total. The van der Waals surface area contributed by atoms with E-state index in [0.29, 0.717) is 50.8 Å². The molecule has 3 amide bonds. The molecule has 0 atom stereocenters. The monoisotopic (exact) mass is 442 g/mol. The molecule has 2 fully saturated rings. The fraction of sp³-hybridized carbons (Fsp3) is 0.348. The van der Waals surface area contributed by atoms with Crippen LogP contribution in [0.1, 0.15) is 23.2 Å². The molecule has 0 spiro atoms. The highest BCUT2D eigenvalue weighted by Crippen LogP contribution is 2.23. The number of hydrogen-bond donors (Lipinski definition) is 2. The van der Waals surface area contributed by atoms with Crippen molar-refractivity contribution < 1.29 is 23.2 Å². The van der Waals surface area contributed by atoms with Gasteiger partial charge in [0.05, 0.1) is 12.1 Å². The number of benzene rings is 2. The van der Waals surface area contributed by atoms with Crippen molar-refractivity contribution in [1.82, 2.24) is 10.2 Å². The molecule has 2 aromatic carbocycles. The van der Waals surface area contributed by atoms with Gasteiger partial charge >= 0.3 is 0 Å². The fourth-order valence-electron chi connectivity index (χ4n) is 4.04. The van der Waals surface area contributed by atoms with Crippen LogP contribution < -0.4 is 15.5 Å². The molecule has 0 radical (unpaired) electrons. The third-order valence-electron chi connectivity index (χ3n) is 5.85. The van der Waals surface area contributed by atoms with Gasteiger partial charge in [-0.1, -0.05) is 0 Å². The van der Waals surface area contributed by atoms with E-state index in [0.717, 1.165) is 24.4 Å². The average molecular weight is 442 g/mol. The molecular formula is C23H24F2N4O3. The summed E-state index contributed by atoms with van der Waals surface area (Å²) in [6, 6.07) is 10.2. The molecule has 0 bridgehead atoms. The van der Waals surface area contributed by atoms with Crippen LogP contribution in [0.2, 0.25) is 0 Å². The lowest BCUT2D eigenvalue weighted by Crippen LogP contribution is -2.47. The third-order valence-corrected chi connectivity index (χ3v) is 5.85. The number of likely N-dealkylation sites (tertiary alicyclic amines) is 1. The maximum atomic E-state index is 13.9. The zero-order valence-corrected chi connectivity index (χ0v) is 17.4. The summed E-state index contributed by atoms with van der Waals surface area (Å²) in [5.74, 6) is -2.52. The molecular weight excluding hydrogens is 418 g/mol. The predicted octanol–water partition coefficient (Wildman–Crippen LogP) is 2.39. The summed E-state index contributed by atoms with van der Waals surface area (Å²) >= 11 is 0. The Hall–Kier alpha value is -3.49. The van der Waals surface area contributed by atoms with Crippen LogP contribution in [0.15, 0.2) is 42.5 Å². The Labute approximate surface area is 184 Å². The summed E-state index contributed by atoms with van der Waals surface area (Å²) in [4.78, 5) is 40.2. The van der Waals surface area contributed by atoms with Gasteiger partial charge in [0.1, 0.15) is 11.6 Å². The number of nitrogens with zero attached hydrogens (tertiary/aromatic N) is 2. The molecule has 32 heavy (non-hydrogen) atoms. The van der Waals surface area contributed by atoms with E-state index in [4.69, 9.17) is 0 Å². The van der Waals surface area contributed by atoms with E-state index in [-0.39, 0.29) is 23.3 Å². The van der Waals surface area contributed by atoms with Crippen molar-refractivity contribution in [1.29, 1.82) is 0 Å². The van der Waals surface area contributed by atoms with Crippen molar-refractivity contribution in [3.05, 3.63) is 59.7 Å². The van der Waals surface area contributed by atoms with E-state index in [9.17, 15) is 23.2 Å². The van der Waals surface area contributed by atoms with Crippen LogP contribution in [0.5, 0.6) is 0 Å². The van der Waals surface area contributed by atoms with E-state index in [1.807, 2.05) is 17.0 Å². The number of halogens is 2. The van der Waals surface area contributed by atoms with Crippen molar-refractivity contribution in [2.75, 3.05) is 42.9 Å². The van der Waals surface area contributed by atoms with Gasteiger partial charge in [0.2, 0.25) is 11.8 Å². The Balaban J connectivity index is 1.30. The second-order valence-electron chi connectivity index (χ2n) is 8.00. The van der Waals surface area contributed by atoms with Gasteiger partial charge in [-0.05, 0) is 49.2 Å². The summed E-state index contributed by atoms with van der Waals surface area (Å²) in [5.41, 5.74) is 1.41. The topological polar surface area (TPSA) is 81.8 Å². The van der Waals surface area contributed by atoms with Crippen molar-refractivity contribution in [2.45, 2.75) is 12.8 Å². The van der Waals surface area contributed by atoms with Crippen LogP contribution >= 0.6 is 0 Å². The summed E-state index contributed by atoms with van der Waals surface area (Å²) in [6.45, 7) is 2.29. The van der Waals surface area contributed by atoms with Crippen molar-refractivity contribution >= 4 is 29.1 Å².